The topological polar surface area (TPSA) is 62.6 Å². The molecule has 16 heavy (non-hydrogen) atoms. The molecule has 2 rings (SSSR count). The Kier molecular flexibility index (Phi) is 3.41. The maximum Gasteiger partial charge on any atom is 0.142 e. The predicted octanol–water partition coefficient (Wildman–Crippen LogP) is 1.66. The number of ether oxygens (including phenoxy) is 1. The van der Waals surface area contributed by atoms with Gasteiger partial charge in [0.1, 0.15) is 5.75 Å². The number of pyridine rings is 1. The van der Waals surface area contributed by atoms with Crippen molar-refractivity contribution in [2.75, 3.05) is 0 Å². The van der Waals surface area contributed by atoms with Crippen LogP contribution in [0.1, 0.15) is 36.1 Å². The maximum absolute atomic E-state index is 9.74. The Morgan fingerprint density at radius 1 is 1.50 bits per heavy atom. The standard InChI is InChI=1S/C12H17NO3/c1-8-12(15)11(6-14)9(5-13-8)7-16-10-3-2-4-10/h5,10,14-15H,2-4,6-7H2,1H3. The molecule has 0 spiro atoms. The summed E-state index contributed by atoms with van der Waals surface area (Å²) in [4.78, 5) is 4.07. The van der Waals surface area contributed by atoms with Gasteiger partial charge < -0.3 is 14.9 Å². The van der Waals surface area contributed by atoms with Crippen LogP contribution in [0.3, 0.4) is 0 Å². The normalized spacial score (nSPS) is 16.1. The highest BCUT2D eigenvalue weighted by atomic mass is 16.5. The second kappa shape index (κ2) is 4.80. The largest absolute Gasteiger partial charge is 0.506 e. The third-order valence-electron chi connectivity index (χ3n) is 3.12. The fourth-order valence-corrected chi connectivity index (χ4v) is 1.73. The number of aromatic nitrogens is 1. The Labute approximate surface area is 94.9 Å². The number of rotatable bonds is 4. The van der Waals surface area contributed by atoms with Gasteiger partial charge in [-0.2, -0.15) is 0 Å². The summed E-state index contributed by atoms with van der Waals surface area (Å²) in [7, 11) is 0. The van der Waals surface area contributed by atoms with Gasteiger partial charge in [-0.15, -0.1) is 0 Å². The molecule has 1 aliphatic carbocycles. The molecule has 2 N–H and O–H groups in total. The number of aliphatic hydroxyl groups is 1. The molecule has 0 bridgehead atoms. The van der Waals surface area contributed by atoms with Crippen LogP contribution in [0.25, 0.3) is 0 Å². The van der Waals surface area contributed by atoms with E-state index < -0.39 is 0 Å². The molecule has 0 radical (unpaired) electrons. The van der Waals surface area contributed by atoms with Crippen LogP contribution in [0.5, 0.6) is 5.75 Å². The summed E-state index contributed by atoms with van der Waals surface area (Å²) in [5, 5.41) is 19.0. The second-order valence-electron chi connectivity index (χ2n) is 4.22. The Morgan fingerprint density at radius 2 is 2.25 bits per heavy atom. The number of aliphatic hydroxyl groups excluding tert-OH is 1. The van der Waals surface area contributed by atoms with Crippen LogP contribution in [0, 0.1) is 6.92 Å². The van der Waals surface area contributed by atoms with E-state index in [-0.39, 0.29) is 12.4 Å². The van der Waals surface area contributed by atoms with E-state index in [1.54, 1.807) is 13.1 Å². The van der Waals surface area contributed by atoms with Crippen LogP contribution in [-0.4, -0.2) is 21.3 Å². The highest BCUT2D eigenvalue weighted by Gasteiger charge is 2.19. The molecule has 1 fully saturated rings. The lowest BCUT2D eigenvalue weighted by atomic mass is 9.96. The molecular formula is C12H17NO3. The number of aromatic hydroxyl groups is 1. The summed E-state index contributed by atoms with van der Waals surface area (Å²) < 4.78 is 5.64. The summed E-state index contributed by atoms with van der Waals surface area (Å²) in [6.07, 6.45) is 5.46. The third kappa shape index (κ3) is 2.18. The molecule has 1 aromatic heterocycles. The zero-order chi connectivity index (χ0) is 11.5. The number of hydrogen-bond donors (Lipinski definition) is 2. The van der Waals surface area contributed by atoms with Crippen LogP contribution in [0.2, 0.25) is 0 Å². The molecule has 1 saturated carbocycles. The molecule has 4 nitrogen and oxygen atoms in total. The van der Waals surface area contributed by atoms with Gasteiger partial charge >= 0.3 is 0 Å². The monoisotopic (exact) mass is 223 g/mol. The van der Waals surface area contributed by atoms with Gasteiger partial charge in [0.2, 0.25) is 0 Å². The van der Waals surface area contributed by atoms with Crippen molar-refractivity contribution in [3.05, 3.63) is 23.0 Å². The minimum absolute atomic E-state index is 0.0807. The summed E-state index contributed by atoms with van der Waals surface area (Å²) in [5.74, 6) is 0.0807. The van der Waals surface area contributed by atoms with Crippen LogP contribution in [-0.2, 0) is 18.0 Å². The SMILES string of the molecule is Cc1ncc(COC2CCC2)c(CO)c1O. The van der Waals surface area contributed by atoms with E-state index in [1.165, 1.54) is 6.42 Å². The smallest absolute Gasteiger partial charge is 0.142 e. The van der Waals surface area contributed by atoms with Crippen LogP contribution < -0.4 is 0 Å². The van der Waals surface area contributed by atoms with E-state index >= 15 is 0 Å². The zero-order valence-corrected chi connectivity index (χ0v) is 9.44. The summed E-state index contributed by atoms with van der Waals surface area (Å²) in [6, 6.07) is 0. The van der Waals surface area contributed by atoms with Gasteiger partial charge in [-0.05, 0) is 26.2 Å². The first-order valence-corrected chi connectivity index (χ1v) is 5.61. The first-order chi connectivity index (χ1) is 7.72. The average molecular weight is 223 g/mol. The lowest BCUT2D eigenvalue weighted by Crippen LogP contribution is -2.21. The minimum Gasteiger partial charge on any atom is -0.506 e. The molecule has 0 aromatic carbocycles. The average Bonchev–Trinajstić information content (AvgIpc) is 2.21. The van der Waals surface area contributed by atoms with Crippen molar-refractivity contribution < 1.29 is 14.9 Å². The quantitative estimate of drug-likeness (QED) is 0.814. The van der Waals surface area contributed by atoms with E-state index in [0.29, 0.717) is 24.0 Å². The molecule has 0 unspecified atom stereocenters. The lowest BCUT2D eigenvalue weighted by molar-refractivity contribution is -0.00946. The molecule has 88 valence electrons. The first-order valence-electron chi connectivity index (χ1n) is 5.61. The van der Waals surface area contributed by atoms with Crippen LogP contribution in [0.4, 0.5) is 0 Å². The number of aryl methyl sites for hydroxylation is 1. The Morgan fingerprint density at radius 3 is 2.81 bits per heavy atom. The van der Waals surface area contributed by atoms with Gasteiger partial charge in [0.15, 0.2) is 0 Å². The van der Waals surface area contributed by atoms with Gasteiger partial charge in [0.05, 0.1) is 25.0 Å². The fraction of sp³-hybridized carbons (Fsp3) is 0.583. The summed E-state index contributed by atoms with van der Waals surface area (Å²) in [6.45, 7) is 1.95. The van der Waals surface area contributed by atoms with Crippen molar-refractivity contribution in [1.82, 2.24) is 4.98 Å². The van der Waals surface area contributed by atoms with Crippen molar-refractivity contribution in [1.29, 1.82) is 0 Å². The van der Waals surface area contributed by atoms with Crippen LogP contribution in [0.15, 0.2) is 6.20 Å². The van der Waals surface area contributed by atoms with E-state index in [1.807, 2.05) is 0 Å². The van der Waals surface area contributed by atoms with E-state index in [9.17, 15) is 10.2 Å². The second-order valence-corrected chi connectivity index (χ2v) is 4.22. The van der Waals surface area contributed by atoms with Gasteiger partial charge in [0.25, 0.3) is 0 Å². The summed E-state index contributed by atoms with van der Waals surface area (Å²) in [5.41, 5.74) is 1.85. The highest BCUT2D eigenvalue weighted by molar-refractivity contribution is 5.39. The maximum atomic E-state index is 9.74. The molecule has 0 amide bonds. The van der Waals surface area contributed by atoms with Crippen molar-refractivity contribution in [2.24, 2.45) is 0 Å². The molecule has 1 aromatic rings. The predicted molar refractivity (Wildman–Crippen MR) is 59.0 cm³/mol. The highest BCUT2D eigenvalue weighted by Crippen LogP contribution is 2.27. The first kappa shape index (κ1) is 11.4. The molecule has 0 aliphatic heterocycles. The van der Waals surface area contributed by atoms with Crippen molar-refractivity contribution in [3.63, 3.8) is 0 Å². The summed E-state index contributed by atoms with van der Waals surface area (Å²) >= 11 is 0. The van der Waals surface area contributed by atoms with Crippen molar-refractivity contribution in [3.8, 4) is 5.75 Å². The van der Waals surface area contributed by atoms with Crippen molar-refractivity contribution in [2.45, 2.75) is 45.5 Å². The molecule has 1 aliphatic rings. The van der Waals surface area contributed by atoms with Gasteiger partial charge in [-0.1, -0.05) is 0 Å². The third-order valence-corrected chi connectivity index (χ3v) is 3.12. The Hall–Kier alpha value is -1.13. The fourth-order valence-electron chi connectivity index (χ4n) is 1.73. The molecular weight excluding hydrogens is 206 g/mol. The van der Waals surface area contributed by atoms with Gasteiger partial charge in [-0.3, -0.25) is 4.98 Å². The van der Waals surface area contributed by atoms with Crippen molar-refractivity contribution >= 4 is 0 Å². The lowest BCUT2D eigenvalue weighted by Gasteiger charge is -2.26. The number of nitrogens with zero attached hydrogens (tertiary/aromatic N) is 1. The van der Waals surface area contributed by atoms with E-state index in [4.69, 9.17) is 4.74 Å². The Bertz CT molecular complexity index is 375. The van der Waals surface area contributed by atoms with Gasteiger partial charge in [-0.25, -0.2) is 0 Å². The molecule has 1 heterocycles. The minimum atomic E-state index is -0.182. The number of hydrogen-bond acceptors (Lipinski definition) is 4. The molecule has 4 heteroatoms. The Balaban J connectivity index is 2.09. The van der Waals surface area contributed by atoms with Crippen LogP contribution >= 0.6 is 0 Å². The van der Waals surface area contributed by atoms with E-state index in [2.05, 4.69) is 4.98 Å². The van der Waals surface area contributed by atoms with E-state index in [0.717, 1.165) is 18.4 Å². The van der Waals surface area contributed by atoms with Gasteiger partial charge in [0, 0.05) is 17.3 Å². The molecule has 0 saturated heterocycles. The zero-order valence-electron chi connectivity index (χ0n) is 9.44. The molecule has 0 atom stereocenters.